The van der Waals surface area contributed by atoms with Crippen molar-refractivity contribution < 1.29 is 33.8 Å². The molecule has 11 nitrogen and oxygen atoms in total. The molecule has 4 rings (SSSR count). The molecular weight excluding hydrogens is 436 g/mol. The third-order valence-electron chi connectivity index (χ3n) is 5.27. The normalized spacial score (nSPS) is 30.5. The van der Waals surface area contributed by atoms with E-state index in [4.69, 9.17) is 20.9 Å². The third kappa shape index (κ3) is 3.12. The van der Waals surface area contributed by atoms with E-state index in [1.807, 2.05) is 0 Å². The molecule has 2 saturated heterocycles. The van der Waals surface area contributed by atoms with E-state index >= 15 is 0 Å². The molecule has 4 heterocycles. The minimum Gasteiger partial charge on any atom is -0.477 e. The molecule has 2 unspecified atom stereocenters. The average Bonchev–Trinajstić information content (AvgIpc) is 2.75. The average molecular weight is 457 g/mol. The standard InChI is InChI=1S/C17H20N4O7S2/c1-27-2-6-4-29-15-9(19)13(23)21(15)11(6)17(26)28-3-7-5-30-14-8(18)12(22)20(14)10(7)16(24)25/h8-9,14-15H,2-5,18-19H2,1H3,(H,24,25)/t8?,9?,14-,15+/m0/s1. The molecule has 162 valence electrons. The number of rotatable bonds is 6. The Bertz CT molecular complexity index is 905. The Balaban J connectivity index is 1.55. The number of thioether (sulfide) groups is 2. The van der Waals surface area contributed by atoms with E-state index in [0.717, 1.165) is 4.90 Å². The molecule has 4 aliphatic heterocycles. The first-order valence-corrected chi connectivity index (χ1v) is 11.1. The first-order chi connectivity index (χ1) is 14.3. The van der Waals surface area contributed by atoms with Crippen molar-refractivity contribution in [1.82, 2.24) is 9.80 Å². The number of β-lactam (4-membered cyclic amide) rings is 2. The SMILES string of the molecule is COCC1=C(C(=O)OCC2=C(C(=O)O)N3C(=O)C(N)[C@@H]3SC2)N2C(=O)C(N)[C@H]2SC1. The van der Waals surface area contributed by atoms with E-state index in [2.05, 4.69) is 0 Å². The first kappa shape index (κ1) is 21.2. The van der Waals surface area contributed by atoms with Gasteiger partial charge in [-0.2, -0.15) is 0 Å². The highest BCUT2D eigenvalue weighted by Crippen LogP contribution is 2.41. The molecule has 2 amide bonds. The van der Waals surface area contributed by atoms with Gasteiger partial charge < -0.3 is 26.0 Å². The van der Waals surface area contributed by atoms with Crippen LogP contribution in [0.1, 0.15) is 0 Å². The summed E-state index contributed by atoms with van der Waals surface area (Å²) in [6.45, 7) is -0.182. The molecule has 0 aliphatic carbocycles. The molecule has 0 bridgehead atoms. The topological polar surface area (TPSA) is 165 Å². The summed E-state index contributed by atoms with van der Waals surface area (Å²) in [7, 11) is 1.48. The van der Waals surface area contributed by atoms with Crippen LogP contribution >= 0.6 is 23.5 Å². The van der Waals surface area contributed by atoms with Gasteiger partial charge in [-0.15, -0.1) is 23.5 Å². The number of carbonyl (C=O) groups excluding carboxylic acids is 3. The van der Waals surface area contributed by atoms with Crippen molar-refractivity contribution in [1.29, 1.82) is 0 Å². The van der Waals surface area contributed by atoms with Crippen LogP contribution in [0.2, 0.25) is 0 Å². The van der Waals surface area contributed by atoms with Crippen LogP contribution in [-0.4, -0.2) is 93.3 Å². The van der Waals surface area contributed by atoms with Crippen LogP contribution < -0.4 is 11.5 Å². The molecule has 0 aromatic carbocycles. The molecule has 0 radical (unpaired) electrons. The van der Waals surface area contributed by atoms with Crippen molar-refractivity contribution in [3.63, 3.8) is 0 Å². The molecule has 0 saturated carbocycles. The minimum absolute atomic E-state index is 0.0909. The molecule has 0 spiro atoms. The van der Waals surface area contributed by atoms with Gasteiger partial charge in [-0.05, 0) is 5.57 Å². The van der Waals surface area contributed by atoms with Crippen molar-refractivity contribution >= 4 is 47.3 Å². The van der Waals surface area contributed by atoms with E-state index in [9.17, 15) is 24.3 Å². The summed E-state index contributed by atoms with van der Waals surface area (Å²) in [5, 5.41) is 8.79. The maximum Gasteiger partial charge on any atom is 0.355 e. The maximum atomic E-state index is 12.9. The predicted molar refractivity (Wildman–Crippen MR) is 107 cm³/mol. The van der Waals surface area contributed by atoms with Gasteiger partial charge in [0.2, 0.25) is 11.8 Å². The van der Waals surface area contributed by atoms with E-state index < -0.39 is 35.3 Å². The number of carboxylic acids is 1. The number of nitrogens with zero attached hydrogens (tertiary/aromatic N) is 2. The van der Waals surface area contributed by atoms with E-state index in [1.165, 1.54) is 35.5 Å². The number of aliphatic carboxylic acids is 1. The highest BCUT2D eigenvalue weighted by Gasteiger charge is 2.53. The summed E-state index contributed by atoms with van der Waals surface area (Å²) in [5.74, 6) is -2.19. The number of ether oxygens (including phenoxy) is 2. The minimum atomic E-state index is -1.29. The quantitative estimate of drug-likeness (QED) is 0.306. The molecule has 5 N–H and O–H groups in total. The lowest BCUT2D eigenvalue weighted by atomic mass is 10.0. The lowest BCUT2D eigenvalue weighted by Gasteiger charge is -2.48. The second-order valence-electron chi connectivity index (χ2n) is 7.09. The fraction of sp³-hybridized carbons (Fsp3) is 0.529. The smallest absolute Gasteiger partial charge is 0.355 e. The van der Waals surface area contributed by atoms with Gasteiger partial charge >= 0.3 is 11.9 Å². The summed E-state index contributed by atoms with van der Waals surface area (Å²) < 4.78 is 10.5. The van der Waals surface area contributed by atoms with Crippen LogP contribution in [0.3, 0.4) is 0 Å². The summed E-state index contributed by atoms with van der Waals surface area (Å²) in [6.07, 6.45) is 0. The monoisotopic (exact) mass is 456 g/mol. The molecule has 0 aromatic rings. The Morgan fingerprint density at radius 3 is 2.00 bits per heavy atom. The number of hydrogen-bond acceptors (Lipinski definition) is 10. The van der Waals surface area contributed by atoms with Crippen molar-refractivity contribution in [3.8, 4) is 0 Å². The molecule has 13 heteroatoms. The van der Waals surface area contributed by atoms with Crippen molar-refractivity contribution in [2.45, 2.75) is 22.8 Å². The Labute approximate surface area is 179 Å². The Kier molecular flexibility index (Phi) is 5.57. The predicted octanol–water partition coefficient (Wildman–Crippen LogP) is -1.75. The zero-order valence-corrected chi connectivity index (χ0v) is 17.5. The molecule has 4 aliphatic rings. The zero-order chi connectivity index (χ0) is 21.7. The van der Waals surface area contributed by atoms with Gasteiger partial charge in [0.15, 0.2) is 0 Å². The van der Waals surface area contributed by atoms with Crippen molar-refractivity contribution in [3.05, 3.63) is 22.5 Å². The number of methoxy groups -OCH3 is 1. The maximum absolute atomic E-state index is 12.9. The van der Waals surface area contributed by atoms with Crippen molar-refractivity contribution in [2.24, 2.45) is 11.5 Å². The van der Waals surface area contributed by atoms with E-state index in [-0.39, 0.29) is 41.6 Å². The van der Waals surface area contributed by atoms with E-state index in [0.29, 0.717) is 16.9 Å². The molecule has 4 atom stereocenters. The lowest BCUT2D eigenvalue weighted by Crippen LogP contribution is -2.68. The van der Waals surface area contributed by atoms with Crippen LogP contribution in [-0.2, 0) is 28.7 Å². The number of esters is 1. The fourth-order valence-corrected chi connectivity index (χ4v) is 6.31. The number of fused-ring (bicyclic) bond motifs is 2. The van der Waals surface area contributed by atoms with Gasteiger partial charge in [-0.3, -0.25) is 19.4 Å². The van der Waals surface area contributed by atoms with Gasteiger partial charge in [0.1, 0.15) is 40.8 Å². The van der Waals surface area contributed by atoms with Gasteiger partial charge in [-0.25, -0.2) is 9.59 Å². The van der Waals surface area contributed by atoms with Crippen LogP contribution in [0.15, 0.2) is 22.5 Å². The second kappa shape index (κ2) is 7.89. The van der Waals surface area contributed by atoms with E-state index in [1.54, 1.807) is 0 Å². The lowest BCUT2D eigenvalue weighted by molar-refractivity contribution is -0.150. The summed E-state index contributed by atoms with van der Waals surface area (Å²) in [6, 6.07) is -1.43. The van der Waals surface area contributed by atoms with Crippen LogP contribution in [0.5, 0.6) is 0 Å². The number of amides is 2. The fourth-order valence-electron chi connectivity index (χ4n) is 3.77. The Morgan fingerprint density at radius 1 is 1.00 bits per heavy atom. The third-order valence-corrected chi connectivity index (χ3v) is 7.99. The summed E-state index contributed by atoms with van der Waals surface area (Å²) in [4.78, 5) is 51.3. The number of carbonyl (C=O) groups is 4. The van der Waals surface area contributed by atoms with Gasteiger partial charge in [-0.1, -0.05) is 0 Å². The Morgan fingerprint density at radius 2 is 1.50 bits per heavy atom. The highest BCUT2D eigenvalue weighted by atomic mass is 32.2. The molecule has 30 heavy (non-hydrogen) atoms. The second-order valence-corrected chi connectivity index (χ2v) is 9.30. The zero-order valence-electron chi connectivity index (χ0n) is 15.9. The van der Waals surface area contributed by atoms with Gasteiger partial charge in [0, 0.05) is 24.2 Å². The molecular formula is C17H20N4O7S2. The van der Waals surface area contributed by atoms with Crippen LogP contribution in [0.25, 0.3) is 0 Å². The summed E-state index contributed by atoms with van der Waals surface area (Å²) >= 11 is 2.76. The number of hydrogen-bond donors (Lipinski definition) is 3. The van der Waals surface area contributed by atoms with Crippen LogP contribution in [0, 0.1) is 0 Å². The van der Waals surface area contributed by atoms with Crippen LogP contribution in [0.4, 0.5) is 0 Å². The summed E-state index contributed by atoms with van der Waals surface area (Å²) in [5.41, 5.74) is 12.3. The number of nitrogens with two attached hydrogens (primary N) is 2. The Hall–Kier alpha value is -2.06. The highest BCUT2D eigenvalue weighted by molar-refractivity contribution is 8.00. The van der Waals surface area contributed by atoms with Gasteiger partial charge in [0.25, 0.3) is 0 Å². The van der Waals surface area contributed by atoms with Crippen molar-refractivity contribution in [2.75, 3.05) is 31.8 Å². The van der Waals surface area contributed by atoms with Gasteiger partial charge in [0.05, 0.1) is 6.61 Å². The molecule has 0 aromatic heterocycles. The number of carboxylic acid groups (broad SMARTS) is 1. The molecule has 2 fully saturated rings. The first-order valence-electron chi connectivity index (χ1n) is 9.01. The largest absolute Gasteiger partial charge is 0.477 e.